The van der Waals surface area contributed by atoms with Gasteiger partial charge in [-0.1, -0.05) is 35.0 Å². The highest BCUT2D eigenvalue weighted by atomic mass is 32.3. The summed E-state index contributed by atoms with van der Waals surface area (Å²) in [6.07, 6.45) is -2.70. The largest absolute Gasteiger partial charge is 0.501 e. The molecule has 4 amide bonds. The number of nitrogens with zero attached hydrogens (tertiary/aromatic N) is 7. The summed E-state index contributed by atoms with van der Waals surface area (Å²) in [5.74, 6) is -3.00. The minimum absolute atomic E-state index is 0.0228. The van der Waals surface area contributed by atoms with Crippen LogP contribution in [0.1, 0.15) is 101 Å². The lowest BCUT2D eigenvalue weighted by Gasteiger charge is -2.39. The Bertz CT molecular complexity index is 5450. The molecule has 7 atom stereocenters. The van der Waals surface area contributed by atoms with Crippen molar-refractivity contribution in [1.29, 1.82) is 0 Å². The van der Waals surface area contributed by atoms with Gasteiger partial charge in [0.1, 0.15) is 49.1 Å². The van der Waals surface area contributed by atoms with E-state index >= 15 is 0 Å². The number of thiophene rings is 2. The molecule has 5 aliphatic rings. The molecular formula is C85H91N9O26S4. The van der Waals surface area contributed by atoms with Crippen LogP contribution in [-0.4, -0.2) is 246 Å². The van der Waals surface area contributed by atoms with Gasteiger partial charge < -0.3 is 101 Å². The lowest BCUT2D eigenvalue weighted by atomic mass is 9.99. The second kappa shape index (κ2) is 41.1. The molecule has 0 spiro atoms. The maximum absolute atomic E-state index is 14.5. The summed E-state index contributed by atoms with van der Waals surface area (Å²) in [6.45, 7) is 3.95. The van der Waals surface area contributed by atoms with Crippen LogP contribution in [0.5, 0.6) is 40.2 Å². The van der Waals surface area contributed by atoms with Crippen molar-refractivity contribution in [3.8, 4) is 40.2 Å². The lowest BCUT2D eigenvalue weighted by molar-refractivity contribution is -0.277. The molecule has 2 unspecified atom stereocenters. The van der Waals surface area contributed by atoms with Crippen LogP contribution < -0.4 is 42.7 Å². The van der Waals surface area contributed by atoms with Crippen LogP contribution in [0.3, 0.4) is 0 Å². The number of benzene rings is 6. The van der Waals surface area contributed by atoms with E-state index in [0.29, 0.717) is 89.5 Å². The molecule has 1 saturated heterocycles. The van der Waals surface area contributed by atoms with Crippen molar-refractivity contribution in [3.63, 3.8) is 0 Å². The summed E-state index contributed by atoms with van der Waals surface area (Å²) in [6, 6.07) is 29.9. The Hall–Kier alpha value is -11.2. The second-order valence-corrected chi connectivity index (χ2v) is 34.5. The Morgan fingerprint density at radius 2 is 1.10 bits per heavy atom. The fraction of sp³-hybridized carbons (Fsp3) is 0.376. The summed E-state index contributed by atoms with van der Waals surface area (Å²) >= 11 is 3.26. The standard InChI is InChI=1S/C85H91N9O26S4/c1-51-4-11-63(12-5-51)123(104,105)31-16-68(96)54-6-8-55(9-7-54)81(100)86-17-20-111-27-28-114-50-59-46-92(91-90-59)19-22-112-24-26-113-25-23-110-21-18-87-82(101)56-10-13-69(117-85-80(99)79(98)78(97)75(47-95)118-85)74(35-56)120-124(106,107)119-62-33-52(48-115-72-40-66-64(38-70(72)108-2)83(102)93-44-57-14-29-121-76(57)36-60(93)42-88-66)32-53(34-62)49-116-73-41-67-65(39-71(73)109-3)84(103)94-45-58-15-30-122-77(58)37-61(94)43-89-67/h4-15,29-30,32-35,38-43,46,60-61,75,78-80,85,95,97-99H,16-28,31,36-37,44-45,47-50H2,1-3H3,(H,86,100)(H,87,101)/t60-,61?,75+,78-,79-,80+,85?/m0/s1. The molecule has 8 heterocycles. The number of amides is 4. The number of aliphatic imine (C=N–C) groups is 2. The molecule has 124 heavy (non-hydrogen) atoms. The monoisotopic (exact) mass is 1780 g/mol. The smallest absolute Gasteiger partial charge is 0.493 e. The molecule has 6 N–H and O–H groups in total. The zero-order valence-electron chi connectivity index (χ0n) is 67.6. The topological polar surface area (TPSA) is 441 Å². The van der Waals surface area contributed by atoms with E-state index in [1.807, 2.05) is 29.8 Å². The van der Waals surface area contributed by atoms with Crippen molar-refractivity contribution in [2.75, 3.05) is 99.1 Å². The predicted octanol–water partition coefficient (Wildman–Crippen LogP) is 6.82. The average molecular weight is 1780 g/mol. The zero-order valence-corrected chi connectivity index (χ0v) is 70.8. The average Bonchev–Trinajstić information content (AvgIpc) is 1.63. The quantitative estimate of drug-likeness (QED) is 0.0169. The van der Waals surface area contributed by atoms with E-state index in [2.05, 4.69) is 20.9 Å². The number of methoxy groups -OCH3 is 2. The molecule has 6 aromatic carbocycles. The summed E-state index contributed by atoms with van der Waals surface area (Å²) in [5, 5.41) is 59.9. The minimum atomic E-state index is -5.32. The number of aryl methyl sites for hydroxylation is 1. The van der Waals surface area contributed by atoms with Gasteiger partial charge in [-0.3, -0.25) is 34.0 Å². The minimum Gasteiger partial charge on any atom is -0.493 e. The molecule has 656 valence electrons. The number of Topliss-reactive ketones (excluding diaryl/α,β-unsaturated/α-hetero) is 1. The first-order valence-electron chi connectivity index (χ1n) is 39.6. The van der Waals surface area contributed by atoms with Gasteiger partial charge in [-0.05, 0) is 125 Å². The number of aromatic nitrogens is 3. The Morgan fingerprint density at radius 1 is 0.565 bits per heavy atom. The summed E-state index contributed by atoms with van der Waals surface area (Å²) in [7, 11) is -6.11. The van der Waals surface area contributed by atoms with Crippen LogP contribution in [0.15, 0.2) is 153 Å². The van der Waals surface area contributed by atoms with E-state index < -0.39 is 75.0 Å². The normalized spacial score (nSPS) is 18.3. The fourth-order valence-electron chi connectivity index (χ4n) is 14.1. The number of nitrogens with one attached hydrogen (secondary N) is 2. The highest BCUT2D eigenvalue weighted by molar-refractivity contribution is 7.91. The molecular weight excluding hydrogens is 1690 g/mol. The van der Waals surface area contributed by atoms with Crippen LogP contribution in [-0.2, 0) is 101 Å². The molecule has 0 bridgehead atoms. The third-order valence-corrected chi connectivity index (χ3v) is 25.2. The van der Waals surface area contributed by atoms with Gasteiger partial charge in [0.2, 0.25) is 6.29 Å². The third kappa shape index (κ3) is 22.3. The van der Waals surface area contributed by atoms with Crippen molar-refractivity contribution >= 4 is 96.1 Å². The molecule has 14 rings (SSSR count). The van der Waals surface area contributed by atoms with Gasteiger partial charge in [0.15, 0.2) is 50.1 Å². The van der Waals surface area contributed by atoms with Gasteiger partial charge in [0.25, 0.3) is 23.6 Å². The fourth-order valence-corrected chi connectivity index (χ4v) is 17.9. The van der Waals surface area contributed by atoms with Crippen LogP contribution in [0.25, 0.3) is 0 Å². The maximum atomic E-state index is 14.5. The highest BCUT2D eigenvalue weighted by Crippen LogP contribution is 2.43. The van der Waals surface area contributed by atoms with E-state index in [1.54, 1.807) is 98.2 Å². The number of ether oxygens (including phenoxy) is 11. The molecule has 0 radical (unpaired) electrons. The summed E-state index contributed by atoms with van der Waals surface area (Å²) in [4.78, 5) is 83.2. The van der Waals surface area contributed by atoms with Crippen molar-refractivity contribution in [3.05, 3.63) is 209 Å². The van der Waals surface area contributed by atoms with Crippen molar-refractivity contribution < 1.29 is 122 Å². The van der Waals surface area contributed by atoms with E-state index in [9.17, 15) is 61.2 Å². The molecule has 35 nitrogen and oxygen atoms in total. The van der Waals surface area contributed by atoms with Crippen LogP contribution in [0.2, 0.25) is 0 Å². The van der Waals surface area contributed by atoms with Gasteiger partial charge in [-0.15, -0.1) is 36.2 Å². The number of aliphatic hydroxyl groups excluding tert-OH is 4. The van der Waals surface area contributed by atoms with Gasteiger partial charge in [-0.2, -0.15) is 0 Å². The molecule has 1 fully saturated rings. The number of hydrogen-bond donors (Lipinski definition) is 6. The van der Waals surface area contributed by atoms with Crippen LogP contribution in [0.4, 0.5) is 11.4 Å². The van der Waals surface area contributed by atoms with Gasteiger partial charge in [0.05, 0.1) is 145 Å². The first kappa shape index (κ1) is 89.1. The summed E-state index contributed by atoms with van der Waals surface area (Å²) in [5.41, 5.74) is 5.98. The number of carbonyl (C=O) groups is 5. The lowest BCUT2D eigenvalue weighted by Crippen LogP contribution is -2.60. The SMILES string of the molecule is COc1cc2c(cc1OCc1cc(COc3cc4c(cc3OC)C(=O)N3Cc5ccsc5C[C@H]3C=N4)cc(OS(=O)(=O)Oc3cc(C(=O)NCCOCCOCCOCCn4cc(COCCOCCNC(=O)c5ccc(C(=O)CCS(=O)(=O)c6ccc(C)cc6)cc5)nn4)ccc3OC3O[C@H](CO)[C@H](O)[C@H](O)[C@H]3O)c1)N=CC1Cc3sccc3CN1C2=O. The summed E-state index contributed by atoms with van der Waals surface area (Å²) < 4.78 is 132. The van der Waals surface area contributed by atoms with Crippen molar-refractivity contribution in [2.24, 2.45) is 9.98 Å². The van der Waals surface area contributed by atoms with Gasteiger partial charge >= 0.3 is 10.4 Å². The Kier molecular flexibility index (Phi) is 29.6. The molecule has 0 aliphatic carbocycles. The van der Waals surface area contributed by atoms with Gasteiger partial charge in [-0.25, -0.2) is 13.1 Å². The molecule has 0 saturated carbocycles. The molecule has 3 aromatic heterocycles. The number of fused-ring (bicyclic) bond motifs is 6. The van der Waals surface area contributed by atoms with E-state index in [1.165, 1.54) is 78.6 Å². The number of sulfone groups is 1. The number of carbonyl (C=O) groups excluding carboxylic acids is 5. The molecule has 39 heteroatoms. The van der Waals surface area contributed by atoms with E-state index in [4.69, 9.17) is 70.5 Å². The Morgan fingerprint density at radius 3 is 1.68 bits per heavy atom. The molecule has 9 aromatic rings. The number of aliphatic hydroxyl groups is 4. The number of ketones is 1. The first-order chi connectivity index (χ1) is 60.0. The van der Waals surface area contributed by atoms with E-state index in [0.717, 1.165) is 28.8 Å². The zero-order chi connectivity index (χ0) is 87.0. The van der Waals surface area contributed by atoms with Crippen molar-refractivity contribution in [1.82, 2.24) is 35.4 Å². The number of hydrogen-bond acceptors (Lipinski definition) is 32. The van der Waals surface area contributed by atoms with E-state index in [-0.39, 0.29) is 173 Å². The van der Waals surface area contributed by atoms with Gasteiger partial charge in [0, 0.05) is 96.4 Å². The third-order valence-electron chi connectivity index (χ3n) is 20.7. The first-order valence-corrected chi connectivity index (χ1v) is 44.4. The van der Waals surface area contributed by atoms with Crippen molar-refractivity contribution in [2.45, 2.75) is 113 Å². The van der Waals surface area contributed by atoms with Crippen LogP contribution in [0, 0.1) is 6.92 Å². The second-order valence-electron chi connectivity index (χ2n) is 29.2. The predicted molar refractivity (Wildman–Crippen MR) is 448 cm³/mol. The maximum Gasteiger partial charge on any atom is 0.501 e. The Labute approximate surface area is 721 Å². The molecule has 5 aliphatic heterocycles. The number of rotatable bonds is 42. The Balaban J connectivity index is 0.548. The van der Waals surface area contributed by atoms with Crippen LogP contribution >= 0.6 is 22.7 Å². The highest BCUT2D eigenvalue weighted by Gasteiger charge is 2.46.